The predicted molar refractivity (Wildman–Crippen MR) is 107 cm³/mol. The molecule has 0 unspecified atom stereocenters. The Kier molecular flexibility index (Phi) is 4.54. The van der Waals surface area contributed by atoms with Gasteiger partial charge in [-0.1, -0.05) is 42.5 Å². The van der Waals surface area contributed by atoms with Crippen LogP contribution in [-0.2, 0) is 0 Å². The van der Waals surface area contributed by atoms with Gasteiger partial charge in [-0.15, -0.1) is 0 Å². The first-order valence-electron chi connectivity index (χ1n) is 8.64. The van der Waals surface area contributed by atoms with Crippen molar-refractivity contribution >= 4 is 0 Å². The first-order valence-corrected chi connectivity index (χ1v) is 8.64. The van der Waals surface area contributed by atoms with E-state index in [0.717, 1.165) is 22.5 Å². The molecule has 0 saturated heterocycles. The first-order chi connectivity index (χ1) is 13.3. The van der Waals surface area contributed by atoms with Crippen LogP contribution >= 0.6 is 0 Å². The minimum Gasteiger partial charge on any atom is -0.497 e. The highest BCUT2D eigenvalue weighted by Crippen LogP contribution is 2.24. The summed E-state index contributed by atoms with van der Waals surface area (Å²) in [4.78, 5) is 17.7. The third-order valence-electron chi connectivity index (χ3n) is 4.39. The molecule has 4 nitrogen and oxygen atoms in total. The van der Waals surface area contributed by atoms with Crippen molar-refractivity contribution in [1.29, 1.82) is 0 Å². The molecule has 27 heavy (non-hydrogen) atoms. The zero-order valence-corrected chi connectivity index (χ0v) is 14.9. The molecule has 132 valence electrons. The van der Waals surface area contributed by atoms with Crippen molar-refractivity contribution in [3.63, 3.8) is 0 Å². The van der Waals surface area contributed by atoms with Crippen molar-refractivity contribution in [1.82, 2.24) is 9.55 Å². The highest BCUT2D eigenvalue weighted by atomic mass is 16.5. The second kappa shape index (κ2) is 7.30. The summed E-state index contributed by atoms with van der Waals surface area (Å²) in [5, 5.41) is 0. The summed E-state index contributed by atoms with van der Waals surface area (Å²) >= 11 is 0. The first kappa shape index (κ1) is 16.8. The van der Waals surface area contributed by atoms with Gasteiger partial charge in [-0.05, 0) is 35.9 Å². The topological polar surface area (TPSA) is 44.1 Å². The zero-order valence-electron chi connectivity index (χ0n) is 14.9. The van der Waals surface area contributed by atoms with Gasteiger partial charge in [0.15, 0.2) is 0 Å². The van der Waals surface area contributed by atoms with Crippen LogP contribution < -0.4 is 10.3 Å². The lowest BCUT2D eigenvalue weighted by Gasteiger charge is -2.13. The second-order valence-electron chi connectivity index (χ2n) is 6.10. The van der Waals surface area contributed by atoms with Crippen LogP contribution in [0, 0.1) is 0 Å². The molecule has 0 spiro atoms. The van der Waals surface area contributed by atoms with E-state index in [9.17, 15) is 4.79 Å². The summed E-state index contributed by atoms with van der Waals surface area (Å²) in [6.07, 6.45) is 3.57. The molecule has 4 rings (SSSR count). The Morgan fingerprint density at radius 1 is 0.852 bits per heavy atom. The number of aromatic nitrogens is 2. The van der Waals surface area contributed by atoms with Crippen LogP contribution in [0.1, 0.15) is 0 Å². The van der Waals surface area contributed by atoms with Gasteiger partial charge < -0.3 is 4.74 Å². The molecule has 0 bridgehead atoms. The van der Waals surface area contributed by atoms with Gasteiger partial charge in [-0.2, -0.15) is 0 Å². The van der Waals surface area contributed by atoms with Gasteiger partial charge >= 0.3 is 0 Å². The van der Waals surface area contributed by atoms with Gasteiger partial charge in [0.1, 0.15) is 5.75 Å². The summed E-state index contributed by atoms with van der Waals surface area (Å²) in [5.41, 5.74) is 3.84. The zero-order chi connectivity index (χ0) is 18.6. The normalized spacial score (nSPS) is 10.6. The van der Waals surface area contributed by atoms with Crippen molar-refractivity contribution in [3.05, 3.63) is 102 Å². The molecule has 0 fully saturated rings. The maximum Gasteiger partial charge on any atom is 0.262 e. The Balaban J connectivity index is 1.99. The molecule has 0 aliphatic heterocycles. The van der Waals surface area contributed by atoms with Crippen LogP contribution in [0.2, 0.25) is 0 Å². The molecule has 4 heteroatoms. The number of nitrogens with zero attached hydrogens (tertiary/aromatic N) is 2. The van der Waals surface area contributed by atoms with Crippen LogP contribution in [0.3, 0.4) is 0 Å². The van der Waals surface area contributed by atoms with Gasteiger partial charge in [0.2, 0.25) is 0 Å². The molecule has 0 saturated carbocycles. The van der Waals surface area contributed by atoms with E-state index in [0.29, 0.717) is 11.3 Å². The summed E-state index contributed by atoms with van der Waals surface area (Å²) in [5.74, 6) is 0.698. The number of hydrogen-bond donors (Lipinski definition) is 0. The average molecular weight is 354 g/mol. The molecule has 0 radical (unpaired) electrons. The monoisotopic (exact) mass is 354 g/mol. The molecule has 2 heterocycles. The predicted octanol–water partition coefficient (Wildman–Crippen LogP) is 4.58. The van der Waals surface area contributed by atoms with Crippen LogP contribution in [0.25, 0.3) is 28.1 Å². The lowest BCUT2D eigenvalue weighted by Crippen LogP contribution is -2.20. The maximum absolute atomic E-state index is 13.3. The number of benzene rings is 2. The minimum absolute atomic E-state index is 0.0888. The number of rotatable bonds is 4. The Hall–Kier alpha value is -3.66. The number of hydrogen-bond acceptors (Lipinski definition) is 3. The molecule has 0 aliphatic rings. The number of methoxy groups -OCH3 is 1. The minimum atomic E-state index is -0.0888. The highest BCUT2D eigenvalue weighted by Gasteiger charge is 2.12. The summed E-state index contributed by atoms with van der Waals surface area (Å²) < 4.78 is 6.97. The summed E-state index contributed by atoms with van der Waals surface area (Å²) in [6.45, 7) is 0. The van der Waals surface area contributed by atoms with E-state index >= 15 is 0 Å². The van der Waals surface area contributed by atoms with E-state index in [-0.39, 0.29) is 5.56 Å². The number of ether oxygens (including phenoxy) is 1. The molecule has 0 N–H and O–H groups in total. The van der Waals surface area contributed by atoms with Crippen molar-refractivity contribution in [2.45, 2.75) is 0 Å². The number of pyridine rings is 2. The van der Waals surface area contributed by atoms with Crippen LogP contribution in [0.15, 0.2) is 96.1 Å². The van der Waals surface area contributed by atoms with Crippen LogP contribution in [0.4, 0.5) is 0 Å². The third kappa shape index (κ3) is 3.37. The van der Waals surface area contributed by atoms with E-state index < -0.39 is 0 Å². The smallest absolute Gasteiger partial charge is 0.262 e. The van der Waals surface area contributed by atoms with Gasteiger partial charge in [0, 0.05) is 29.6 Å². The molecule has 4 aromatic rings. The van der Waals surface area contributed by atoms with Gasteiger partial charge in [-0.3, -0.25) is 14.3 Å². The Morgan fingerprint density at radius 2 is 1.67 bits per heavy atom. The van der Waals surface area contributed by atoms with Crippen LogP contribution in [-0.4, -0.2) is 16.7 Å². The van der Waals surface area contributed by atoms with E-state index in [1.165, 1.54) is 0 Å². The fraction of sp³-hybridized carbons (Fsp3) is 0.0435. The lowest BCUT2D eigenvalue weighted by molar-refractivity contribution is 0.414. The standard InChI is InChI=1S/C23H18N2O2/c1-27-20-11-7-10-19(15-20)25-16-18(22-12-5-6-13-24-22)14-21(23(25)26)17-8-3-2-4-9-17/h2-16H,1H3. The third-order valence-corrected chi connectivity index (χ3v) is 4.39. The van der Waals surface area contributed by atoms with Crippen molar-refractivity contribution in [2.75, 3.05) is 7.11 Å². The van der Waals surface area contributed by atoms with Crippen molar-refractivity contribution < 1.29 is 4.74 Å². The molecule has 0 amide bonds. The second-order valence-corrected chi connectivity index (χ2v) is 6.10. The van der Waals surface area contributed by atoms with Crippen molar-refractivity contribution in [3.8, 4) is 33.8 Å². The van der Waals surface area contributed by atoms with E-state index in [1.54, 1.807) is 17.9 Å². The Bertz CT molecular complexity index is 1120. The quantitative estimate of drug-likeness (QED) is 0.539. The summed E-state index contributed by atoms with van der Waals surface area (Å²) in [6, 6.07) is 24.8. The largest absolute Gasteiger partial charge is 0.497 e. The van der Waals surface area contributed by atoms with Gasteiger partial charge in [-0.25, -0.2) is 0 Å². The fourth-order valence-electron chi connectivity index (χ4n) is 3.03. The maximum atomic E-state index is 13.3. The molecular formula is C23H18N2O2. The van der Waals surface area contributed by atoms with Crippen molar-refractivity contribution in [2.24, 2.45) is 0 Å². The average Bonchev–Trinajstić information content (AvgIpc) is 2.75. The fourth-order valence-corrected chi connectivity index (χ4v) is 3.03. The van der Waals surface area contributed by atoms with Gasteiger partial charge in [0.25, 0.3) is 5.56 Å². The van der Waals surface area contributed by atoms with E-state index in [4.69, 9.17) is 4.74 Å². The highest BCUT2D eigenvalue weighted by molar-refractivity contribution is 5.70. The lowest BCUT2D eigenvalue weighted by atomic mass is 10.0. The Morgan fingerprint density at radius 3 is 2.41 bits per heavy atom. The summed E-state index contributed by atoms with van der Waals surface area (Å²) in [7, 11) is 1.61. The molecule has 0 aliphatic carbocycles. The molecule has 2 aromatic heterocycles. The Labute approximate surface area is 157 Å². The van der Waals surface area contributed by atoms with E-state index in [2.05, 4.69) is 4.98 Å². The van der Waals surface area contributed by atoms with Crippen LogP contribution in [0.5, 0.6) is 5.75 Å². The van der Waals surface area contributed by atoms with Gasteiger partial charge in [0.05, 0.1) is 18.5 Å². The van der Waals surface area contributed by atoms with E-state index in [1.807, 2.05) is 85.1 Å². The SMILES string of the molecule is COc1cccc(-n2cc(-c3ccccn3)cc(-c3ccccc3)c2=O)c1. The molecule has 0 atom stereocenters. The molecular weight excluding hydrogens is 336 g/mol. The molecule has 2 aromatic carbocycles.